The van der Waals surface area contributed by atoms with Crippen LogP contribution in [-0.4, -0.2) is 29.1 Å². The second-order valence-corrected chi connectivity index (χ2v) is 4.92. The fraction of sp³-hybridized carbons (Fsp3) is 0.333. The van der Waals surface area contributed by atoms with Gasteiger partial charge >= 0.3 is 0 Å². The maximum absolute atomic E-state index is 12.0. The number of amides is 1. The summed E-state index contributed by atoms with van der Waals surface area (Å²) in [6, 6.07) is 6.55. The molecule has 6 nitrogen and oxygen atoms in total. The first-order chi connectivity index (χ1) is 10.1. The van der Waals surface area contributed by atoms with Crippen LogP contribution >= 0.6 is 0 Å². The first kappa shape index (κ1) is 15.1. The van der Waals surface area contributed by atoms with Gasteiger partial charge in [0, 0.05) is 13.2 Å². The van der Waals surface area contributed by atoms with Crippen molar-refractivity contribution in [2.75, 3.05) is 13.2 Å². The molecule has 2 rings (SSSR count). The Kier molecular flexibility index (Phi) is 4.94. The molecule has 0 fully saturated rings. The van der Waals surface area contributed by atoms with Crippen molar-refractivity contribution in [2.45, 2.75) is 13.3 Å². The SMILES string of the molecule is CC(CCO)CNC(=O)c1ccc(-c2ccco2)[nH]c1=O. The Morgan fingerprint density at radius 2 is 2.24 bits per heavy atom. The standard InChI is InChI=1S/C15H18N2O4/c1-10(6-7-18)9-16-14(19)11-4-5-12(17-15(11)20)13-3-2-8-21-13/h2-5,8,10,18H,6-7,9H2,1H3,(H,16,19)(H,17,20). The van der Waals surface area contributed by atoms with Crippen molar-refractivity contribution in [1.82, 2.24) is 10.3 Å². The first-order valence-electron chi connectivity index (χ1n) is 6.78. The quantitative estimate of drug-likeness (QED) is 0.749. The molecule has 112 valence electrons. The highest BCUT2D eigenvalue weighted by atomic mass is 16.3. The molecule has 3 N–H and O–H groups in total. The Morgan fingerprint density at radius 3 is 2.86 bits per heavy atom. The molecule has 2 aromatic rings. The minimum absolute atomic E-state index is 0.0569. The topological polar surface area (TPSA) is 95.3 Å². The lowest BCUT2D eigenvalue weighted by Crippen LogP contribution is -2.32. The third-order valence-electron chi connectivity index (χ3n) is 3.17. The van der Waals surface area contributed by atoms with Gasteiger partial charge in [-0.2, -0.15) is 0 Å². The number of carbonyl (C=O) groups excluding carboxylic acids is 1. The lowest BCUT2D eigenvalue weighted by molar-refractivity contribution is 0.0944. The summed E-state index contributed by atoms with van der Waals surface area (Å²) in [4.78, 5) is 26.5. The van der Waals surface area contributed by atoms with Crippen LogP contribution in [0.3, 0.4) is 0 Å². The van der Waals surface area contributed by atoms with E-state index in [0.29, 0.717) is 24.4 Å². The van der Waals surface area contributed by atoms with Crippen molar-refractivity contribution in [3.63, 3.8) is 0 Å². The lowest BCUT2D eigenvalue weighted by Gasteiger charge is -2.10. The molecule has 2 aromatic heterocycles. The van der Waals surface area contributed by atoms with E-state index in [1.807, 2.05) is 6.92 Å². The minimum atomic E-state index is -0.462. The molecule has 0 saturated carbocycles. The average Bonchev–Trinajstić information content (AvgIpc) is 2.99. The van der Waals surface area contributed by atoms with Gasteiger partial charge in [0.15, 0.2) is 0 Å². The van der Waals surface area contributed by atoms with Gasteiger partial charge in [-0.15, -0.1) is 0 Å². The van der Waals surface area contributed by atoms with Crippen LogP contribution in [0.1, 0.15) is 23.7 Å². The summed E-state index contributed by atoms with van der Waals surface area (Å²) in [6.07, 6.45) is 2.12. The van der Waals surface area contributed by atoms with Crippen molar-refractivity contribution in [2.24, 2.45) is 5.92 Å². The summed E-state index contributed by atoms with van der Waals surface area (Å²) in [5.74, 6) is 0.267. The van der Waals surface area contributed by atoms with E-state index in [0.717, 1.165) is 0 Å². The van der Waals surface area contributed by atoms with Crippen molar-refractivity contribution in [3.8, 4) is 11.5 Å². The largest absolute Gasteiger partial charge is 0.463 e. The van der Waals surface area contributed by atoms with Crippen LogP contribution in [0, 0.1) is 5.92 Å². The molecule has 2 heterocycles. The number of aliphatic hydroxyl groups excluding tert-OH is 1. The van der Waals surface area contributed by atoms with Crippen molar-refractivity contribution < 1.29 is 14.3 Å². The molecule has 0 saturated heterocycles. The number of nitrogens with one attached hydrogen (secondary N) is 2. The molecule has 0 radical (unpaired) electrons. The van der Waals surface area contributed by atoms with E-state index < -0.39 is 11.5 Å². The highest BCUT2D eigenvalue weighted by Crippen LogP contribution is 2.15. The third-order valence-corrected chi connectivity index (χ3v) is 3.17. The summed E-state index contributed by atoms with van der Waals surface area (Å²) < 4.78 is 5.19. The normalized spacial score (nSPS) is 12.1. The Hall–Kier alpha value is -2.34. The smallest absolute Gasteiger partial charge is 0.261 e. The van der Waals surface area contributed by atoms with Gasteiger partial charge in [0.2, 0.25) is 0 Å². The van der Waals surface area contributed by atoms with Crippen molar-refractivity contribution in [1.29, 1.82) is 0 Å². The molecule has 6 heteroatoms. The van der Waals surface area contributed by atoms with Gasteiger partial charge in [0.05, 0.1) is 12.0 Å². The molecule has 0 bridgehead atoms. The maximum Gasteiger partial charge on any atom is 0.261 e. The van der Waals surface area contributed by atoms with Gasteiger partial charge in [-0.25, -0.2) is 0 Å². The van der Waals surface area contributed by atoms with E-state index in [-0.39, 0.29) is 18.1 Å². The first-order valence-corrected chi connectivity index (χ1v) is 6.78. The van der Waals surface area contributed by atoms with E-state index in [1.54, 1.807) is 18.2 Å². The molecular formula is C15H18N2O4. The van der Waals surface area contributed by atoms with E-state index in [2.05, 4.69) is 10.3 Å². The highest BCUT2D eigenvalue weighted by molar-refractivity contribution is 5.94. The number of hydrogen-bond acceptors (Lipinski definition) is 4. The number of aromatic amines is 1. The summed E-state index contributed by atoms with van der Waals surface area (Å²) in [6.45, 7) is 2.41. The number of aromatic nitrogens is 1. The molecule has 0 spiro atoms. The Bertz CT molecular complexity index is 646. The van der Waals surface area contributed by atoms with Crippen molar-refractivity contribution >= 4 is 5.91 Å². The van der Waals surface area contributed by atoms with Gasteiger partial charge in [-0.3, -0.25) is 9.59 Å². The van der Waals surface area contributed by atoms with Crippen LogP contribution in [0.15, 0.2) is 39.7 Å². The van der Waals surface area contributed by atoms with Crippen LogP contribution in [0.5, 0.6) is 0 Å². The zero-order chi connectivity index (χ0) is 15.2. The van der Waals surface area contributed by atoms with E-state index >= 15 is 0 Å². The summed E-state index contributed by atoms with van der Waals surface area (Å²) >= 11 is 0. The number of hydrogen-bond donors (Lipinski definition) is 3. The fourth-order valence-corrected chi connectivity index (χ4v) is 1.91. The molecule has 1 amide bonds. The number of rotatable bonds is 6. The van der Waals surface area contributed by atoms with Gasteiger partial charge in [-0.05, 0) is 36.6 Å². The Labute approximate surface area is 121 Å². The predicted molar refractivity (Wildman–Crippen MR) is 78.0 cm³/mol. The molecule has 1 unspecified atom stereocenters. The monoisotopic (exact) mass is 290 g/mol. The van der Waals surface area contributed by atoms with Crippen LogP contribution in [0.25, 0.3) is 11.5 Å². The van der Waals surface area contributed by atoms with E-state index in [4.69, 9.17) is 9.52 Å². The zero-order valence-corrected chi connectivity index (χ0v) is 11.8. The van der Waals surface area contributed by atoms with Gasteiger partial charge < -0.3 is 19.8 Å². The summed E-state index contributed by atoms with van der Waals surface area (Å²) in [5.41, 5.74) is 0.118. The van der Waals surface area contributed by atoms with E-state index in [1.165, 1.54) is 12.3 Å². The van der Waals surface area contributed by atoms with Crippen LogP contribution in [-0.2, 0) is 0 Å². The number of H-pyrrole nitrogens is 1. The number of pyridine rings is 1. The highest BCUT2D eigenvalue weighted by Gasteiger charge is 2.13. The minimum Gasteiger partial charge on any atom is -0.463 e. The Balaban J connectivity index is 2.07. The molecule has 0 aliphatic heterocycles. The lowest BCUT2D eigenvalue weighted by atomic mass is 10.1. The van der Waals surface area contributed by atoms with E-state index in [9.17, 15) is 9.59 Å². The van der Waals surface area contributed by atoms with Crippen LogP contribution in [0.4, 0.5) is 0 Å². The summed E-state index contributed by atoms with van der Waals surface area (Å²) in [5, 5.41) is 11.5. The van der Waals surface area contributed by atoms with Gasteiger partial charge in [0.25, 0.3) is 11.5 Å². The molecule has 21 heavy (non-hydrogen) atoms. The Morgan fingerprint density at radius 1 is 1.43 bits per heavy atom. The third kappa shape index (κ3) is 3.82. The number of carbonyl (C=O) groups is 1. The molecular weight excluding hydrogens is 272 g/mol. The zero-order valence-electron chi connectivity index (χ0n) is 11.8. The molecule has 0 aliphatic rings. The maximum atomic E-state index is 12.0. The second kappa shape index (κ2) is 6.90. The van der Waals surface area contributed by atoms with Crippen molar-refractivity contribution in [3.05, 3.63) is 46.4 Å². The molecule has 0 aliphatic carbocycles. The number of aliphatic hydroxyl groups is 1. The summed E-state index contributed by atoms with van der Waals surface area (Å²) in [7, 11) is 0. The number of furan rings is 1. The predicted octanol–water partition coefficient (Wildman–Crippen LogP) is 1.38. The average molecular weight is 290 g/mol. The van der Waals surface area contributed by atoms with Crippen LogP contribution < -0.4 is 10.9 Å². The molecule has 1 atom stereocenters. The van der Waals surface area contributed by atoms with Crippen LogP contribution in [0.2, 0.25) is 0 Å². The molecule has 0 aromatic carbocycles. The fourth-order valence-electron chi connectivity index (χ4n) is 1.91. The second-order valence-electron chi connectivity index (χ2n) is 4.92. The van der Waals surface area contributed by atoms with Gasteiger partial charge in [0.1, 0.15) is 11.3 Å². The van der Waals surface area contributed by atoms with Gasteiger partial charge in [-0.1, -0.05) is 6.92 Å².